The second kappa shape index (κ2) is 9.42. The minimum atomic E-state index is -0.818. The molecule has 0 aromatic carbocycles. The van der Waals surface area contributed by atoms with Crippen LogP contribution in [0.4, 0.5) is 0 Å². The van der Waals surface area contributed by atoms with Gasteiger partial charge < -0.3 is 19.0 Å². The van der Waals surface area contributed by atoms with Crippen LogP contribution in [0.2, 0.25) is 0 Å². The first-order valence-electron chi connectivity index (χ1n) is 9.99. The van der Waals surface area contributed by atoms with Crippen molar-refractivity contribution in [2.45, 2.75) is 40.3 Å². The Balaban J connectivity index is 1.95. The molecule has 1 N–H and O–H groups in total. The summed E-state index contributed by atoms with van der Waals surface area (Å²) < 4.78 is 10.3. The lowest BCUT2D eigenvalue weighted by Gasteiger charge is -2.28. The number of aryl methyl sites for hydroxylation is 1. The number of esters is 1. The lowest BCUT2D eigenvalue weighted by Crippen LogP contribution is -2.43. The number of hydrogen-bond acceptors (Lipinski definition) is 6. The second-order valence-corrected chi connectivity index (χ2v) is 7.16. The number of furan rings is 1. The Morgan fingerprint density at radius 3 is 2.61 bits per heavy atom. The first kappa shape index (κ1) is 22.0. The monoisotopic (exact) mass is 423 g/mol. The zero-order valence-corrected chi connectivity index (χ0v) is 18.0. The zero-order valence-electron chi connectivity index (χ0n) is 18.0. The molecule has 0 aliphatic carbocycles. The van der Waals surface area contributed by atoms with Crippen LogP contribution in [-0.4, -0.2) is 45.2 Å². The highest BCUT2D eigenvalue weighted by molar-refractivity contribution is 6.07. The first-order valence-corrected chi connectivity index (χ1v) is 9.99. The van der Waals surface area contributed by atoms with Crippen LogP contribution in [0.25, 0.3) is 0 Å². The molecule has 0 aliphatic rings. The molecule has 0 radical (unpaired) electrons. The number of carbonyl (C=O) groups is 3. The van der Waals surface area contributed by atoms with E-state index >= 15 is 0 Å². The van der Waals surface area contributed by atoms with E-state index in [4.69, 9.17) is 9.15 Å². The van der Waals surface area contributed by atoms with E-state index in [9.17, 15) is 14.4 Å². The number of ether oxygens (including phenoxy) is 1. The first-order chi connectivity index (χ1) is 14.8. The minimum Gasteiger partial charge on any atom is -0.461 e. The number of ketones is 1. The van der Waals surface area contributed by atoms with Gasteiger partial charge in [0, 0.05) is 30.2 Å². The van der Waals surface area contributed by atoms with Crippen LogP contribution in [0.1, 0.15) is 62.1 Å². The Morgan fingerprint density at radius 2 is 2.00 bits per heavy atom. The highest BCUT2D eigenvalue weighted by atomic mass is 16.5. The summed E-state index contributed by atoms with van der Waals surface area (Å²) in [5.41, 5.74) is 2.44. The maximum Gasteiger partial charge on any atom is 0.355 e. The minimum absolute atomic E-state index is 0.137. The highest BCUT2D eigenvalue weighted by Gasteiger charge is 2.32. The number of pyridine rings is 1. The normalized spacial score (nSPS) is 11.7. The molecule has 3 rings (SSSR count). The lowest BCUT2D eigenvalue weighted by atomic mass is 9.99. The molecule has 1 unspecified atom stereocenters. The van der Waals surface area contributed by atoms with Crippen LogP contribution in [0.3, 0.4) is 0 Å². The number of carbonyl (C=O) groups excluding carboxylic acids is 3. The van der Waals surface area contributed by atoms with Gasteiger partial charge in [0.15, 0.2) is 11.5 Å². The van der Waals surface area contributed by atoms with Crippen LogP contribution in [0.15, 0.2) is 47.3 Å². The summed E-state index contributed by atoms with van der Waals surface area (Å²) in [6.45, 7) is 7.19. The summed E-state index contributed by atoms with van der Waals surface area (Å²) in [4.78, 5) is 47.3. The summed E-state index contributed by atoms with van der Waals surface area (Å²) >= 11 is 0. The number of nitrogens with zero attached hydrogens (tertiary/aromatic N) is 2. The van der Waals surface area contributed by atoms with E-state index in [1.165, 1.54) is 11.2 Å². The van der Waals surface area contributed by atoms with Crippen molar-refractivity contribution in [2.24, 2.45) is 0 Å². The highest BCUT2D eigenvalue weighted by Crippen LogP contribution is 2.24. The predicted octanol–water partition coefficient (Wildman–Crippen LogP) is 3.71. The van der Waals surface area contributed by atoms with Crippen LogP contribution in [0.5, 0.6) is 0 Å². The third-order valence-corrected chi connectivity index (χ3v) is 5.08. The number of amides is 1. The van der Waals surface area contributed by atoms with E-state index < -0.39 is 17.9 Å². The molecule has 0 bridgehead atoms. The maximum absolute atomic E-state index is 13.5. The Labute approximate surface area is 180 Å². The van der Waals surface area contributed by atoms with Crippen molar-refractivity contribution in [1.82, 2.24) is 14.9 Å². The molecule has 3 aromatic heterocycles. The van der Waals surface area contributed by atoms with E-state index in [0.29, 0.717) is 16.8 Å². The third-order valence-electron chi connectivity index (χ3n) is 5.08. The molecule has 162 valence electrons. The van der Waals surface area contributed by atoms with Gasteiger partial charge in [-0.3, -0.25) is 14.6 Å². The van der Waals surface area contributed by atoms with Crippen molar-refractivity contribution in [3.05, 3.63) is 76.8 Å². The van der Waals surface area contributed by atoms with Gasteiger partial charge in [-0.2, -0.15) is 0 Å². The van der Waals surface area contributed by atoms with Crippen LogP contribution in [0, 0.1) is 13.8 Å². The Hall–Kier alpha value is -3.68. The molecular formula is C23H25N3O5. The number of H-pyrrole nitrogens is 1. The van der Waals surface area contributed by atoms with E-state index in [-0.39, 0.29) is 30.4 Å². The van der Waals surface area contributed by atoms with E-state index in [1.807, 2.05) is 6.07 Å². The SMILES string of the molecule is CCOC(=O)c1[nH]c(C)c(C(=O)C(C)N(Cc2cccnc2)C(=O)c2ccco2)c1C. The summed E-state index contributed by atoms with van der Waals surface area (Å²) in [5.74, 6) is -1.08. The Bertz CT molecular complexity index is 1070. The second-order valence-electron chi connectivity index (χ2n) is 7.16. The predicted molar refractivity (Wildman–Crippen MR) is 113 cm³/mol. The smallest absolute Gasteiger partial charge is 0.355 e. The van der Waals surface area contributed by atoms with Gasteiger partial charge in [-0.05, 0) is 57.0 Å². The molecule has 8 heteroatoms. The fourth-order valence-electron chi connectivity index (χ4n) is 3.49. The largest absolute Gasteiger partial charge is 0.461 e. The van der Waals surface area contributed by atoms with Crippen LogP contribution < -0.4 is 0 Å². The van der Waals surface area contributed by atoms with Gasteiger partial charge in [0.25, 0.3) is 5.91 Å². The van der Waals surface area contributed by atoms with E-state index in [1.54, 1.807) is 58.3 Å². The summed E-state index contributed by atoms with van der Waals surface area (Å²) in [6, 6.07) is 5.96. The van der Waals surface area contributed by atoms with Gasteiger partial charge in [-0.15, -0.1) is 0 Å². The topological polar surface area (TPSA) is 106 Å². The maximum atomic E-state index is 13.5. The number of nitrogens with one attached hydrogen (secondary N) is 1. The standard InChI is InChI=1S/C23H25N3O5/c1-5-30-23(29)20-14(2)19(15(3)25-20)21(27)16(4)26(13-17-8-6-10-24-12-17)22(28)18-9-7-11-31-18/h6-12,16,25H,5,13H2,1-4H3. The van der Waals surface area contributed by atoms with Crippen molar-refractivity contribution in [3.8, 4) is 0 Å². The van der Waals surface area contributed by atoms with Gasteiger partial charge in [-0.1, -0.05) is 6.07 Å². The van der Waals surface area contributed by atoms with Gasteiger partial charge >= 0.3 is 5.97 Å². The van der Waals surface area contributed by atoms with Crippen LogP contribution in [-0.2, 0) is 11.3 Å². The van der Waals surface area contributed by atoms with Gasteiger partial charge in [0.2, 0.25) is 0 Å². The molecule has 0 aliphatic heterocycles. The molecule has 3 aromatic rings. The lowest BCUT2D eigenvalue weighted by molar-refractivity contribution is 0.0518. The number of Topliss-reactive ketones (excluding diaryl/α,β-unsaturated/α-hetero) is 1. The third kappa shape index (κ3) is 4.58. The Morgan fingerprint density at radius 1 is 1.23 bits per heavy atom. The molecule has 1 atom stereocenters. The molecule has 0 fully saturated rings. The molecule has 8 nitrogen and oxygen atoms in total. The fourth-order valence-corrected chi connectivity index (χ4v) is 3.49. The van der Waals surface area contributed by atoms with Crippen molar-refractivity contribution in [3.63, 3.8) is 0 Å². The number of aromatic amines is 1. The molecule has 0 spiro atoms. The summed E-state index contributed by atoms with van der Waals surface area (Å²) in [6.07, 6.45) is 4.69. The van der Waals surface area contributed by atoms with Crippen molar-refractivity contribution in [1.29, 1.82) is 0 Å². The fraction of sp³-hybridized carbons (Fsp3) is 0.304. The average molecular weight is 423 g/mol. The average Bonchev–Trinajstić information content (AvgIpc) is 3.40. The Kier molecular flexibility index (Phi) is 6.69. The van der Waals surface area contributed by atoms with Crippen molar-refractivity contribution >= 4 is 17.7 Å². The quantitative estimate of drug-likeness (QED) is 0.437. The molecule has 31 heavy (non-hydrogen) atoms. The van der Waals surface area contributed by atoms with Crippen molar-refractivity contribution in [2.75, 3.05) is 6.61 Å². The van der Waals surface area contributed by atoms with E-state index in [2.05, 4.69) is 9.97 Å². The number of aromatic nitrogens is 2. The van der Waals surface area contributed by atoms with Gasteiger partial charge in [0.1, 0.15) is 5.69 Å². The molecule has 3 heterocycles. The zero-order chi connectivity index (χ0) is 22.5. The van der Waals surface area contributed by atoms with Crippen molar-refractivity contribution < 1.29 is 23.5 Å². The summed E-state index contributed by atoms with van der Waals surface area (Å²) in [7, 11) is 0. The molecular weight excluding hydrogens is 398 g/mol. The number of hydrogen-bond donors (Lipinski definition) is 1. The van der Waals surface area contributed by atoms with Gasteiger partial charge in [-0.25, -0.2) is 4.79 Å². The van der Waals surface area contributed by atoms with Gasteiger partial charge in [0.05, 0.1) is 18.9 Å². The van der Waals surface area contributed by atoms with Crippen LogP contribution >= 0.6 is 0 Å². The van der Waals surface area contributed by atoms with E-state index in [0.717, 1.165) is 5.56 Å². The molecule has 0 saturated heterocycles. The number of rotatable bonds is 8. The molecule has 0 saturated carbocycles. The molecule has 1 amide bonds. The summed E-state index contributed by atoms with van der Waals surface area (Å²) in [5, 5.41) is 0.